The minimum Gasteiger partial charge on any atom is -0.478 e. The number of carboxylic acids is 1. The fraction of sp³-hybridized carbons (Fsp3) is 0.417. The standard InChI is InChI=1S/C12H14ClNO3/c13-10-8-9(12(15)16)2-3-11(10)14-4-1-6-17-7-5-14/h2-3,8H,1,4-7H2,(H,15,16). The molecule has 1 N–H and O–H groups in total. The van der Waals surface area contributed by atoms with E-state index in [-0.39, 0.29) is 5.56 Å². The van der Waals surface area contributed by atoms with E-state index < -0.39 is 5.97 Å². The second-order valence-corrected chi connectivity index (χ2v) is 4.33. The average Bonchev–Trinajstić information content (AvgIpc) is 2.57. The Labute approximate surface area is 105 Å². The second kappa shape index (κ2) is 5.38. The molecular formula is C12H14ClNO3. The van der Waals surface area contributed by atoms with E-state index in [1.165, 1.54) is 6.07 Å². The summed E-state index contributed by atoms with van der Waals surface area (Å²) < 4.78 is 5.37. The van der Waals surface area contributed by atoms with Crippen LogP contribution in [0.4, 0.5) is 5.69 Å². The highest BCUT2D eigenvalue weighted by Gasteiger charge is 2.14. The summed E-state index contributed by atoms with van der Waals surface area (Å²) in [5.41, 5.74) is 1.09. The number of nitrogens with zero attached hydrogens (tertiary/aromatic N) is 1. The molecule has 1 saturated heterocycles. The first kappa shape index (κ1) is 12.2. The van der Waals surface area contributed by atoms with Crippen LogP contribution in [0.2, 0.25) is 5.02 Å². The lowest BCUT2D eigenvalue weighted by atomic mass is 10.2. The molecular weight excluding hydrogens is 242 g/mol. The smallest absolute Gasteiger partial charge is 0.335 e. The molecule has 0 radical (unpaired) electrons. The monoisotopic (exact) mass is 255 g/mol. The first-order valence-electron chi connectivity index (χ1n) is 5.54. The van der Waals surface area contributed by atoms with Crippen molar-refractivity contribution in [2.75, 3.05) is 31.2 Å². The van der Waals surface area contributed by atoms with Gasteiger partial charge in [0, 0.05) is 19.7 Å². The van der Waals surface area contributed by atoms with Gasteiger partial charge in [-0.05, 0) is 24.6 Å². The van der Waals surface area contributed by atoms with Gasteiger partial charge in [-0.15, -0.1) is 0 Å². The summed E-state index contributed by atoms with van der Waals surface area (Å²) in [6, 6.07) is 4.83. The summed E-state index contributed by atoms with van der Waals surface area (Å²) in [7, 11) is 0. The molecule has 1 fully saturated rings. The van der Waals surface area contributed by atoms with Crippen LogP contribution < -0.4 is 4.90 Å². The Bertz CT molecular complexity index is 414. The normalized spacial score (nSPS) is 16.6. The van der Waals surface area contributed by atoms with Crippen LogP contribution in [0.25, 0.3) is 0 Å². The van der Waals surface area contributed by atoms with Crippen LogP contribution in [0.3, 0.4) is 0 Å². The minimum atomic E-state index is -0.961. The van der Waals surface area contributed by atoms with Crippen molar-refractivity contribution < 1.29 is 14.6 Å². The van der Waals surface area contributed by atoms with Crippen molar-refractivity contribution in [2.24, 2.45) is 0 Å². The Kier molecular flexibility index (Phi) is 3.86. The zero-order chi connectivity index (χ0) is 12.3. The Morgan fingerprint density at radius 3 is 2.88 bits per heavy atom. The maximum Gasteiger partial charge on any atom is 0.335 e. The van der Waals surface area contributed by atoms with E-state index >= 15 is 0 Å². The molecule has 1 aromatic carbocycles. The SMILES string of the molecule is O=C(O)c1ccc(N2CCCOCC2)c(Cl)c1. The Morgan fingerprint density at radius 1 is 1.35 bits per heavy atom. The maximum atomic E-state index is 10.8. The number of anilines is 1. The average molecular weight is 256 g/mol. The fourth-order valence-corrected chi connectivity index (χ4v) is 2.18. The number of ether oxygens (including phenoxy) is 1. The van der Waals surface area contributed by atoms with Gasteiger partial charge >= 0.3 is 5.97 Å². The zero-order valence-corrected chi connectivity index (χ0v) is 10.1. The number of carbonyl (C=O) groups is 1. The van der Waals surface area contributed by atoms with Crippen molar-refractivity contribution in [3.8, 4) is 0 Å². The van der Waals surface area contributed by atoms with Crippen LogP contribution >= 0.6 is 11.6 Å². The highest BCUT2D eigenvalue weighted by Crippen LogP contribution is 2.27. The van der Waals surface area contributed by atoms with Crippen molar-refractivity contribution in [3.05, 3.63) is 28.8 Å². The second-order valence-electron chi connectivity index (χ2n) is 3.92. The number of carboxylic acid groups (broad SMARTS) is 1. The lowest BCUT2D eigenvalue weighted by Gasteiger charge is -2.23. The van der Waals surface area contributed by atoms with Crippen LogP contribution in [-0.2, 0) is 4.74 Å². The summed E-state index contributed by atoms with van der Waals surface area (Å²) in [4.78, 5) is 12.9. The van der Waals surface area contributed by atoms with Gasteiger partial charge in [0.05, 0.1) is 22.9 Å². The highest BCUT2D eigenvalue weighted by atomic mass is 35.5. The van der Waals surface area contributed by atoms with Gasteiger partial charge in [-0.2, -0.15) is 0 Å². The molecule has 5 heteroatoms. The number of benzene rings is 1. The van der Waals surface area contributed by atoms with Crippen LogP contribution in [0.1, 0.15) is 16.8 Å². The predicted molar refractivity (Wildman–Crippen MR) is 66.1 cm³/mol. The van der Waals surface area contributed by atoms with Gasteiger partial charge in [0.15, 0.2) is 0 Å². The molecule has 2 rings (SSSR count). The van der Waals surface area contributed by atoms with Gasteiger partial charge < -0.3 is 14.7 Å². The molecule has 17 heavy (non-hydrogen) atoms. The highest BCUT2D eigenvalue weighted by molar-refractivity contribution is 6.33. The van der Waals surface area contributed by atoms with Crippen LogP contribution in [-0.4, -0.2) is 37.4 Å². The quantitative estimate of drug-likeness (QED) is 0.881. The van der Waals surface area contributed by atoms with Gasteiger partial charge in [0.1, 0.15) is 0 Å². The number of aromatic carboxylic acids is 1. The lowest BCUT2D eigenvalue weighted by molar-refractivity contribution is 0.0697. The van der Waals surface area contributed by atoms with Crippen molar-refractivity contribution in [1.82, 2.24) is 0 Å². The van der Waals surface area contributed by atoms with E-state index in [2.05, 4.69) is 4.90 Å². The minimum absolute atomic E-state index is 0.213. The molecule has 0 atom stereocenters. The Balaban J connectivity index is 2.22. The summed E-state index contributed by atoms with van der Waals surface area (Å²) >= 11 is 6.11. The molecule has 0 saturated carbocycles. The summed E-state index contributed by atoms with van der Waals surface area (Å²) in [5, 5.41) is 9.34. The van der Waals surface area contributed by atoms with Crippen LogP contribution in [0.15, 0.2) is 18.2 Å². The molecule has 0 spiro atoms. The molecule has 4 nitrogen and oxygen atoms in total. The third-order valence-corrected chi connectivity index (χ3v) is 3.06. The van der Waals surface area contributed by atoms with Gasteiger partial charge in [0.25, 0.3) is 0 Å². The van der Waals surface area contributed by atoms with E-state index in [0.29, 0.717) is 11.6 Å². The fourth-order valence-electron chi connectivity index (χ4n) is 1.88. The molecule has 0 bridgehead atoms. The van der Waals surface area contributed by atoms with Crippen LogP contribution in [0, 0.1) is 0 Å². The van der Waals surface area contributed by atoms with Gasteiger partial charge in [-0.1, -0.05) is 11.6 Å². The third kappa shape index (κ3) is 2.90. The first-order valence-corrected chi connectivity index (χ1v) is 5.92. The number of hydrogen-bond acceptors (Lipinski definition) is 3. The molecule has 1 heterocycles. The number of rotatable bonds is 2. The summed E-state index contributed by atoms with van der Waals surface area (Å²) in [5.74, 6) is -0.961. The molecule has 92 valence electrons. The lowest BCUT2D eigenvalue weighted by Crippen LogP contribution is -2.26. The van der Waals surface area contributed by atoms with Crippen molar-refractivity contribution >= 4 is 23.3 Å². The van der Waals surface area contributed by atoms with Gasteiger partial charge in [-0.3, -0.25) is 0 Å². The Morgan fingerprint density at radius 2 is 2.18 bits per heavy atom. The predicted octanol–water partition coefficient (Wildman–Crippen LogP) is 2.26. The molecule has 1 aliphatic rings. The summed E-state index contributed by atoms with van der Waals surface area (Å²) in [6.07, 6.45) is 0.955. The number of halogens is 1. The van der Waals surface area contributed by atoms with Gasteiger partial charge in [0.2, 0.25) is 0 Å². The first-order chi connectivity index (χ1) is 8.18. The maximum absolute atomic E-state index is 10.8. The van der Waals surface area contributed by atoms with Gasteiger partial charge in [-0.25, -0.2) is 4.79 Å². The molecule has 0 amide bonds. The Hall–Kier alpha value is -1.26. The molecule has 0 aromatic heterocycles. The van der Waals surface area contributed by atoms with E-state index in [4.69, 9.17) is 21.4 Å². The van der Waals surface area contributed by atoms with Crippen molar-refractivity contribution in [3.63, 3.8) is 0 Å². The number of hydrogen-bond donors (Lipinski definition) is 1. The summed E-state index contributed by atoms with van der Waals surface area (Å²) in [6.45, 7) is 3.11. The van der Waals surface area contributed by atoms with E-state index in [1.54, 1.807) is 12.1 Å². The molecule has 0 aliphatic carbocycles. The molecule has 1 aliphatic heterocycles. The van der Waals surface area contributed by atoms with E-state index in [1.807, 2.05) is 0 Å². The van der Waals surface area contributed by atoms with Crippen molar-refractivity contribution in [1.29, 1.82) is 0 Å². The van der Waals surface area contributed by atoms with Crippen molar-refractivity contribution in [2.45, 2.75) is 6.42 Å². The molecule has 0 unspecified atom stereocenters. The third-order valence-electron chi connectivity index (χ3n) is 2.76. The van der Waals surface area contributed by atoms with Crippen LogP contribution in [0.5, 0.6) is 0 Å². The zero-order valence-electron chi connectivity index (χ0n) is 9.36. The van der Waals surface area contributed by atoms with E-state index in [9.17, 15) is 4.79 Å². The van der Waals surface area contributed by atoms with E-state index in [0.717, 1.165) is 31.8 Å². The largest absolute Gasteiger partial charge is 0.478 e. The molecule has 1 aromatic rings. The topological polar surface area (TPSA) is 49.8 Å².